The van der Waals surface area contributed by atoms with E-state index in [1.165, 1.54) is 11.6 Å². The largest absolute Gasteiger partial charge is 0.477 e. The van der Waals surface area contributed by atoms with Crippen LogP contribution in [0.4, 0.5) is 5.69 Å². The van der Waals surface area contributed by atoms with E-state index in [0.717, 1.165) is 67.9 Å². The molecular weight excluding hydrogens is 426 g/mol. The van der Waals surface area contributed by atoms with Gasteiger partial charge in [-0.2, -0.15) is 0 Å². The average Bonchev–Trinajstić information content (AvgIpc) is 3.17. The second-order valence-corrected chi connectivity index (χ2v) is 9.29. The number of rotatable bonds is 5. The lowest BCUT2D eigenvalue weighted by Crippen LogP contribution is -2.44. The van der Waals surface area contributed by atoms with Crippen LogP contribution in [0.3, 0.4) is 0 Å². The van der Waals surface area contributed by atoms with Gasteiger partial charge in [-0.15, -0.1) is 0 Å². The van der Waals surface area contributed by atoms with Gasteiger partial charge in [-0.05, 0) is 80.7 Å². The van der Waals surface area contributed by atoms with Crippen molar-refractivity contribution < 1.29 is 14.7 Å². The Labute approximate surface area is 199 Å². The van der Waals surface area contributed by atoms with Crippen LogP contribution >= 0.6 is 0 Å². The Kier molecular flexibility index (Phi) is 5.80. The van der Waals surface area contributed by atoms with Gasteiger partial charge in [-0.25, -0.2) is 4.79 Å². The number of anilines is 1. The molecule has 5 rings (SSSR count). The Bertz CT molecular complexity index is 1200. The van der Waals surface area contributed by atoms with Crippen LogP contribution in [0.25, 0.3) is 11.1 Å². The molecule has 34 heavy (non-hydrogen) atoms. The zero-order valence-electron chi connectivity index (χ0n) is 19.3. The first-order chi connectivity index (χ1) is 16.4. The van der Waals surface area contributed by atoms with Crippen molar-refractivity contribution in [2.45, 2.75) is 32.7 Å². The number of aryl methyl sites for hydroxylation is 1. The first kappa shape index (κ1) is 22.1. The van der Waals surface area contributed by atoms with Gasteiger partial charge < -0.3 is 10.0 Å². The fraction of sp³-hybridized carbons (Fsp3) is 0.321. The minimum atomic E-state index is -1.02. The Morgan fingerprint density at radius 3 is 2.41 bits per heavy atom. The highest BCUT2D eigenvalue weighted by atomic mass is 16.4. The van der Waals surface area contributed by atoms with E-state index >= 15 is 0 Å². The molecule has 3 aromatic rings. The summed E-state index contributed by atoms with van der Waals surface area (Å²) in [6.07, 6.45) is 4.50. The standard InChI is InChI=1S/C28H27N3O3/c1-20-3-2-15-29-25(20)19-30-16-12-28(13-17-30)14-18-31(27(28)34)24-10-8-22(9-11-24)21-4-6-23(7-5-21)26(32)33/h2-4,6,8-11,15H,12-14,16-19H2,1H3,(H,32,33). The fourth-order valence-electron chi connectivity index (χ4n) is 5.06. The minimum Gasteiger partial charge on any atom is -0.477 e. The van der Waals surface area contributed by atoms with Crippen molar-refractivity contribution in [2.24, 2.45) is 5.41 Å². The van der Waals surface area contributed by atoms with Crippen LogP contribution in [-0.4, -0.2) is 46.5 Å². The van der Waals surface area contributed by atoms with Crippen molar-refractivity contribution in [2.75, 3.05) is 24.5 Å². The second-order valence-electron chi connectivity index (χ2n) is 9.29. The Morgan fingerprint density at radius 1 is 1.03 bits per heavy atom. The monoisotopic (exact) mass is 453 g/mol. The third-order valence-corrected chi connectivity index (χ3v) is 7.29. The molecule has 0 bridgehead atoms. The minimum absolute atomic E-state index is 0.0922. The maximum atomic E-state index is 13.5. The number of aromatic carboxylic acids is 1. The van der Waals surface area contributed by atoms with Crippen LogP contribution in [0, 0.1) is 24.5 Å². The third-order valence-electron chi connectivity index (χ3n) is 7.29. The molecule has 2 fully saturated rings. The molecule has 6 nitrogen and oxygen atoms in total. The van der Waals surface area contributed by atoms with E-state index in [-0.39, 0.29) is 16.9 Å². The second kappa shape index (κ2) is 8.92. The first-order valence-corrected chi connectivity index (χ1v) is 11.7. The molecule has 1 amide bonds. The van der Waals surface area contributed by atoms with Crippen molar-refractivity contribution in [1.29, 1.82) is 0 Å². The lowest BCUT2D eigenvalue weighted by molar-refractivity contribution is -0.128. The zero-order valence-corrected chi connectivity index (χ0v) is 19.3. The van der Waals surface area contributed by atoms with E-state index in [1.54, 1.807) is 6.07 Å². The lowest BCUT2D eigenvalue weighted by Gasteiger charge is -2.38. The molecule has 172 valence electrons. The van der Waals surface area contributed by atoms with Crippen LogP contribution in [0.1, 0.15) is 40.9 Å². The molecule has 0 saturated carbocycles. The lowest BCUT2D eigenvalue weighted by atomic mass is 9.77. The van der Waals surface area contributed by atoms with Crippen molar-refractivity contribution in [3.8, 4) is 11.1 Å². The van der Waals surface area contributed by atoms with E-state index in [1.807, 2.05) is 41.4 Å². The van der Waals surface area contributed by atoms with E-state index in [9.17, 15) is 9.59 Å². The molecule has 2 aromatic carbocycles. The van der Waals surface area contributed by atoms with Crippen molar-refractivity contribution in [1.82, 2.24) is 9.88 Å². The van der Waals surface area contributed by atoms with E-state index < -0.39 is 5.97 Å². The average molecular weight is 454 g/mol. The van der Waals surface area contributed by atoms with E-state index in [4.69, 9.17) is 5.11 Å². The van der Waals surface area contributed by atoms with Gasteiger partial charge in [0.2, 0.25) is 5.91 Å². The van der Waals surface area contributed by atoms with Gasteiger partial charge in [0.05, 0.1) is 11.1 Å². The van der Waals surface area contributed by atoms with Gasteiger partial charge in [0, 0.05) is 30.5 Å². The quantitative estimate of drug-likeness (QED) is 0.621. The smallest absolute Gasteiger partial charge is 0.344 e. The van der Waals surface area contributed by atoms with Crippen molar-refractivity contribution >= 4 is 17.6 Å². The number of piperidine rings is 1. The number of amides is 1. The molecule has 2 aliphatic rings. The maximum absolute atomic E-state index is 13.5. The predicted molar refractivity (Wildman–Crippen MR) is 129 cm³/mol. The van der Waals surface area contributed by atoms with Crippen LogP contribution in [0.5, 0.6) is 0 Å². The van der Waals surface area contributed by atoms with Gasteiger partial charge in [-0.3, -0.25) is 14.7 Å². The molecule has 2 aliphatic heterocycles. The molecule has 0 radical (unpaired) electrons. The Hall–Kier alpha value is -3.69. The normalized spacial score (nSPS) is 17.7. The predicted octanol–water partition coefficient (Wildman–Crippen LogP) is 4.37. The molecule has 3 heterocycles. The number of hydrogen-bond acceptors (Lipinski definition) is 4. The molecular formula is C28H27N3O3. The third kappa shape index (κ3) is 4.15. The number of carbonyl (C=O) groups is 2. The number of likely N-dealkylation sites (tertiary alicyclic amines) is 1. The summed E-state index contributed by atoms with van der Waals surface area (Å²) in [5.41, 5.74) is 4.75. The first-order valence-electron chi connectivity index (χ1n) is 11.7. The van der Waals surface area contributed by atoms with Crippen molar-refractivity contribution in [3.63, 3.8) is 0 Å². The summed E-state index contributed by atoms with van der Waals surface area (Å²) in [4.78, 5) is 33.4. The zero-order chi connectivity index (χ0) is 23.7. The topological polar surface area (TPSA) is 73.7 Å². The highest BCUT2D eigenvalue weighted by molar-refractivity contribution is 6.00. The van der Waals surface area contributed by atoms with Crippen LogP contribution in [0.15, 0.2) is 54.7 Å². The number of carbonyl (C=O) groups excluding carboxylic acids is 1. The van der Waals surface area contributed by atoms with Gasteiger partial charge in [0.15, 0.2) is 0 Å². The Morgan fingerprint density at radius 2 is 1.76 bits per heavy atom. The SMILES string of the molecule is Cc1cccnc1CN1CCC2(CC1)CCN(c1ccc(-c3c#cc(C(=O)O)cc3)cc1)C2=O. The summed E-state index contributed by atoms with van der Waals surface area (Å²) in [6, 6.07) is 20.7. The van der Waals surface area contributed by atoms with Crippen LogP contribution in [-0.2, 0) is 11.3 Å². The highest BCUT2D eigenvalue weighted by Gasteiger charge is 2.48. The van der Waals surface area contributed by atoms with Crippen molar-refractivity contribution in [3.05, 3.63) is 83.7 Å². The molecule has 6 heteroatoms. The van der Waals surface area contributed by atoms with E-state index in [0.29, 0.717) is 0 Å². The number of benzene rings is 1. The van der Waals surface area contributed by atoms with Gasteiger partial charge in [-0.1, -0.05) is 30.3 Å². The van der Waals surface area contributed by atoms with Crippen LogP contribution < -0.4 is 4.90 Å². The summed E-state index contributed by atoms with van der Waals surface area (Å²) in [5, 5.41) is 9.03. The van der Waals surface area contributed by atoms with Gasteiger partial charge >= 0.3 is 5.97 Å². The number of carboxylic acids is 1. The number of aromatic nitrogens is 1. The van der Waals surface area contributed by atoms with Gasteiger partial charge in [0.25, 0.3) is 0 Å². The summed E-state index contributed by atoms with van der Waals surface area (Å²) in [5.74, 6) is -0.781. The molecule has 2 saturated heterocycles. The highest BCUT2D eigenvalue weighted by Crippen LogP contribution is 2.43. The molecule has 1 aromatic heterocycles. The number of nitrogens with zero attached hydrogens (tertiary/aromatic N) is 3. The summed E-state index contributed by atoms with van der Waals surface area (Å²) in [7, 11) is 0. The number of hydrogen-bond donors (Lipinski definition) is 1. The Balaban J connectivity index is 1.23. The summed E-state index contributed by atoms with van der Waals surface area (Å²) in [6.45, 7) is 5.49. The molecule has 0 unspecified atom stereocenters. The number of carboxylic acid groups (broad SMARTS) is 1. The number of pyridine rings is 1. The summed E-state index contributed by atoms with van der Waals surface area (Å²) < 4.78 is 0. The van der Waals surface area contributed by atoms with E-state index in [2.05, 4.69) is 35.0 Å². The fourth-order valence-corrected chi connectivity index (χ4v) is 5.06. The van der Waals surface area contributed by atoms with Gasteiger partial charge in [0.1, 0.15) is 5.56 Å². The molecule has 1 spiro atoms. The molecule has 1 N–H and O–H groups in total. The maximum Gasteiger partial charge on any atom is 0.344 e. The summed E-state index contributed by atoms with van der Waals surface area (Å²) >= 11 is 0. The van der Waals surface area contributed by atoms with Crippen LogP contribution in [0.2, 0.25) is 0 Å². The molecule has 0 atom stereocenters. The molecule has 0 aliphatic carbocycles.